The van der Waals surface area contributed by atoms with E-state index in [0.29, 0.717) is 0 Å². The third-order valence-corrected chi connectivity index (χ3v) is 6.36. The number of anilines is 1. The van der Waals surface area contributed by atoms with Gasteiger partial charge in [-0.1, -0.05) is 0 Å². The molecule has 5 rings (SSSR count). The second-order valence-corrected chi connectivity index (χ2v) is 8.48. The van der Waals surface area contributed by atoms with E-state index in [0.717, 1.165) is 49.1 Å². The maximum atomic E-state index is 13.4. The summed E-state index contributed by atoms with van der Waals surface area (Å²) in [5.41, 5.74) is -0.341. The number of hydrogen-bond acceptors (Lipinski definition) is 4. The molecule has 4 bridgehead atoms. The van der Waals surface area contributed by atoms with Gasteiger partial charge in [0.15, 0.2) is 0 Å². The van der Waals surface area contributed by atoms with E-state index in [1.54, 1.807) is 0 Å². The molecule has 4 aliphatic rings. The van der Waals surface area contributed by atoms with Gasteiger partial charge in [-0.15, -0.1) is 0 Å². The molecular weight excluding hydrogens is 337 g/mol. The summed E-state index contributed by atoms with van der Waals surface area (Å²) >= 11 is 0. The van der Waals surface area contributed by atoms with Crippen LogP contribution in [0.2, 0.25) is 0 Å². The Balaban J connectivity index is 1.42. The minimum absolute atomic E-state index is 0.0559. The predicted molar refractivity (Wildman–Crippen MR) is 95.2 cm³/mol. The predicted octanol–water partition coefficient (Wildman–Crippen LogP) is 3.62. The first-order chi connectivity index (χ1) is 12.3. The van der Waals surface area contributed by atoms with E-state index in [2.05, 4.69) is 10.6 Å². The van der Waals surface area contributed by atoms with Gasteiger partial charge in [-0.25, -0.2) is 0 Å². The van der Waals surface area contributed by atoms with Crippen molar-refractivity contribution < 1.29 is 14.1 Å². The molecule has 140 valence electrons. The number of carbonyl (C=O) groups is 1. The first-order valence-corrected chi connectivity index (χ1v) is 9.36. The molecule has 4 fully saturated rings. The lowest BCUT2D eigenvalue weighted by Crippen LogP contribution is -2.62. The number of nitro benzene ring substituents is 1. The summed E-state index contributed by atoms with van der Waals surface area (Å²) in [6, 6.07) is 3.00. The van der Waals surface area contributed by atoms with E-state index in [9.17, 15) is 19.3 Å². The molecule has 0 saturated heterocycles. The number of nitrogens with zero attached hydrogens (tertiary/aromatic N) is 1. The van der Waals surface area contributed by atoms with Gasteiger partial charge < -0.3 is 10.6 Å². The lowest BCUT2D eigenvalue weighted by Gasteiger charge is -2.57. The Morgan fingerprint density at radius 3 is 2.35 bits per heavy atom. The Hall–Kier alpha value is -2.02. The Bertz CT molecular complexity index is 716. The summed E-state index contributed by atoms with van der Waals surface area (Å²) in [6.07, 6.45) is 7.41. The number of halogens is 1. The third-order valence-electron chi connectivity index (χ3n) is 6.36. The molecule has 1 aromatic rings. The highest BCUT2D eigenvalue weighted by Gasteiger charge is 2.51. The van der Waals surface area contributed by atoms with Gasteiger partial charge in [0.2, 0.25) is 11.7 Å². The average molecular weight is 361 g/mol. The summed E-state index contributed by atoms with van der Waals surface area (Å²) in [6.45, 7) is 1.83. The van der Waals surface area contributed by atoms with Crippen LogP contribution in [-0.4, -0.2) is 22.4 Å². The van der Waals surface area contributed by atoms with E-state index in [1.807, 2.05) is 6.92 Å². The summed E-state index contributed by atoms with van der Waals surface area (Å²) in [5.74, 6) is 1.19. The number of nitrogens with one attached hydrogen (secondary N) is 2. The molecule has 6 nitrogen and oxygen atoms in total. The minimum Gasteiger partial charge on any atom is -0.324 e. The quantitative estimate of drug-likeness (QED) is 0.620. The second-order valence-electron chi connectivity index (χ2n) is 8.48. The van der Waals surface area contributed by atoms with Crippen LogP contribution in [0.1, 0.15) is 45.4 Å². The summed E-state index contributed by atoms with van der Waals surface area (Å²) in [7, 11) is 0. The molecular formula is C19H24FN3O3. The van der Waals surface area contributed by atoms with Crippen molar-refractivity contribution in [3.05, 3.63) is 34.1 Å². The maximum absolute atomic E-state index is 13.4. The second kappa shape index (κ2) is 6.30. The van der Waals surface area contributed by atoms with E-state index < -0.39 is 22.5 Å². The fourth-order valence-electron chi connectivity index (χ4n) is 5.79. The Morgan fingerprint density at radius 1 is 1.23 bits per heavy atom. The zero-order valence-electron chi connectivity index (χ0n) is 14.8. The molecule has 2 N–H and O–H groups in total. The molecule has 0 aromatic heterocycles. The minimum atomic E-state index is -0.910. The highest BCUT2D eigenvalue weighted by molar-refractivity contribution is 5.94. The van der Waals surface area contributed by atoms with Crippen LogP contribution in [0.5, 0.6) is 0 Å². The van der Waals surface area contributed by atoms with Crippen LogP contribution in [0, 0.1) is 33.7 Å². The Labute approximate surface area is 151 Å². The van der Waals surface area contributed by atoms with Gasteiger partial charge in [-0.3, -0.25) is 14.9 Å². The zero-order chi connectivity index (χ0) is 18.5. The first-order valence-electron chi connectivity index (χ1n) is 9.36. The van der Waals surface area contributed by atoms with Gasteiger partial charge in [0.05, 0.1) is 11.0 Å². The largest absolute Gasteiger partial charge is 0.324 e. The molecule has 4 saturated carbocycles. The van der Waals surface area contributed by atoms with Crippen molar-refractivity contribution in [1.29, 1.82) is 0 Å². The summed E-state index contributed by atoms with van der Waals surface area (Å²) < 4.78 is 13.4. The van der Waals surface area contributed by atoms with E-state index in [-0.39, 0.29) is 17.1 Å². The molecule has 0 aliphatic heterocycles. The van der Waals surface area contributed by atoms with Gasteiger partial charge >= 0.3 is 5.69 Å². The number of hydrogen-bond donors (Lipinski definition) is 2. The molecule has 1 aromatic carbocycles. The van der Waals surface area contributed by atoms with Crippen LogP contribution in [0.25, 0.3) is 0 Å². The molecule has 0 heterocycles. The molecule has 0 unspecified atom stereocenters. The van der Waals surface area contributed by atoms with Crippen molar-refractivity contribution in [2.45, 2.75) is 57.0 Å². The number of benzene rings is 1. The van der Waals surface area contributed by atoms with E-state index >= 15 is 0 Å². The van der Waals surface area contributed by atoms with Crippen molar-refractivity contribution in [1.82, 2.24) is 5.32 Å². The number of amides is 1. The SMILES string of the molecule is C[C@@H](NC12CC3CC(CC(C3)C1)C2)C(=O)Nc1ccc(F)c([N+](=O)[O-])c1. The Morgan fingerprint density at radius 2 is 1.81 bits per heavy atom. The molecule has 0 radical (unpaired) electrons. The number of nitro groups is 1. The number of carbonyl (C=O) groups excluding carboxylic acids is 1. The maximum Gasteiger partial charge on any atom is 0.306 e. The van der Waals surface area contributed by atoms with Crippen LogP contribution in [-0.2, 0) is 4.79 Å². The van der Waals surface area contributed by atoms with Crippen molar-refractivity contribution in [2.24, 2.45) is 17.8 Å². The van der Waals surface area contributed by atoms with E-state index in [1.165, 1.54) is 25.3 Å². The average Bonchev–Trinajstić information content (AvgIpc) is 2.54. The fraction of sp³-hybridized carbons (Fsp3) is 0.632. The molecule has 1 amide bonds. The van der Waals surface area contributed by atoms with Crippen LogP contribution in [0.4, 0.5) is 15.8 Å². The number of rotatable bonds is 5. The van der Waals surface area contributed by atoms with Crippen molar-refractivity contribution >= 4 is 17.3 Å². The molecule has 7 heteroatoms. The molecule has 0 spiro atoms. The monoisotopic (exact) mass is 361 g/mol. The highest BCUT2D eigenvalue weighted by Crippen LogP contribution is 2.55. The zero-order valence-corrected chi connectivity index (χ0v) is 14.8. The van der Waals surface area contributed by atoms with Gasteiger partial charge in [-0.05, 0) is 75.3 Å². The first kappa shape index (κ1) is 17.4. The third kappa shape index (κ3) is 3.20. The summed E-state index contributed by atoms with van der Waals surface area (Å²) in [4.78, 5) is 22.6. The topological polar surface area (TPSA) is 84.3 Å². The van der Waals surface area contributed by atoms with Crippen molar-refractivity contribution in [3.63, 3.8) is 0 Å². The van der Waals surface area contributed by atoms with Crippen LogP contribution < -0.4 is 10.6 Å². The lowest BCUT2D eigenvalue weighted by atomic mass is 9.53. The molecule has 1 atom stereocenters. The normalized spacial score (nSPS) is 33.1. The lowest BCUT2D eigenvalue weighted by molar-refractivity contribution is -0.387. The highest BCUT2D eigenvalue weighted by atomic mass is 19.1. The standard InChI is InChI=1S/C19H24FN3O3/c1-11(18(24)21-15-2-3-16(20)17(7-15)23(25)26)22-19-8-12-4-13(9-19)6-14(5-12)10-19/h2-3,7,11-14,22H,4-6,8-10H2,1H3,(H,21,24)/t11-,12?,13?,14?,19?/m1/s1. The van der Waals surface area contributed by atoms with Gasteiger partial charge in [-0.2, -0.15) is 4.39 Å². The van der Waals surface area contributed by atoms with Crippen LogP contribution >= 0.6 is 0 Å². The van der Waals surface area contributed by atoms with Crippen LogP contribution in [0.3, 0.4) is 0 Å². The molecule has 4 aliphatic carbocycles. The molecule has 26 heavy (non-hydrogen) atoms. The van der Waals surface area contributed by atoms with Gasteiger partial charge in [0.1, 0.15) is 0 Å². The smallest absolute Gasteiger partial charge is 0.306 e. The van der Waals surface area contributed by atoms with Crippen LogP contribution in [0.15, 0.2) is 18.2 Å². The Kier molecular flexibility index (Phi) is 4.22. The van der Waals surface area contributed by atoms with Gasteiger partial charge in [0, 0.05) is 17.3 Å². The van der Waals surface area contributed by atoms with Crippen molar-refractivity contribution in [3.8, 4) is 0 Å². The van der Waals surface area contributed by atoms with E-state index in [4.69, 9.17) is 0 Å². The van der Waals surface area contributed by atoms with Crippen molar-refractivity contribution in [2.75, 3.05) is 5.32 Å². The fourth-order valence-corrected chi connectivity index (χ4v) is 5.79. The summed E-state index contributed by atoms with van der Waals surface area (Å²) in [5, 5.41) is 17.1. The van der Waals surface area contributed by atoms with Gasteiger partial charge in [0.25, 0.3) is 0 Å².